The molecule has 2 saturated heterocycles. The van der Waals surface area contributed by atoms with Gasteiger partial charge < -0.3 is 23.9 Å². The highest BCUT2D eigenvalue weighted by molar-refractivity contribution is 5.94. The molecule has 4 fully saturated rings. The molecule has 1 unspecified atom stereocenters. The molecule has 8 heteroatoms. The molecule has 0 N–H and O–H groups in total. The molecule has 8 nitrogen and oxygen atoms in total. The van der Waals surface area contributed by atoms with E-state index in [0.29, 0.717) is 6.10 Å². The summed E-state index contributed by atoms with van der Waals surface area (Å²) in [5, 5.41) is 6.25. The monoisotopic (exact) mass is 558 g/mol. The summed E-state index contributed by atoms with van der Waals surface area (Å²) in [6, 6.07) is 10.6. The van der Waals surface area contributed by atoms with Crippen LogP contribution in [0.2, 0.25) is 0 Å². The summed E-state index contributed by atoms with van der Waals surface area (Å²) >= 11 is 0. The Kier molecular flexibility index (Phi) is 7.46. The first-order valence-electron chi connectivity index (χ1n) is 15.7. The number of nitrogens with zero attached hydrogens (tertiary/aromatic N) is 4. The molecular weight excluding hydrogens is 516 g/mol. The number of hydrogen-bond acceptors (Lipinski definition) is 7. The lowest BCUT2D eigenvalue weighted by atomic mass is 9.88. The van der Waals surface area contributed by atoms with Crippen molar-refractivity contribution in [3.05, 3.63) is 36.5 Å². The minimum absolute atomic E-state index is 0.0368. The van der Waals surface area contributed by atoms with Crippen molar-refractivity contribution in [2.24, 2.45) is 5.92 Å². The Balaban J connectivity index is 1.10. The van der Waals surface area contributed by atoms with E-state index < -0.39 is 0 Å². The third kappa shape index (κ3) is 5.86. The highest BCUT2D eigenvalue weighted by Crippen LogP contribution is 2.42. The second-order valence-corrected chi connectivity index (χ2v) is 12.7. The zero-order valence-electron chi connectivity index (χ0n) is 24.2. The lowest BCUT2D eigenvalue weighted by Crippen LogP contribution is -2.39. The van der Waals surface area contributed by atoms with Crippen LogP contribution >= 0.6 is 0 Å². The first-order valence-corrected chi connectivity index (χ1v) is 15.7. The molecule has 4 heterocycles. The quantitative estimate of drug-likeness (QED) is 0.293. The van der Waals surface area contributed by atoms with Crippen molar-refractivity contribution in [3.8, 4) is 17.0 Å². The first-order chi connectivity index (χ1) is 20.1. The number of fused-ring (bicyclic) bond motifs is 1. The van der Waals surface area contributed by atoms with Crippen molar-refractivity contribution in [2.45, 2.75) is 102 Å². The highest BCUT2D eigenvalue weighted by Gasteiger charge is 2.40. The van der Waals surface area contributed by atoms with E-state index in [4.69, 9.17) is 24.3 Å². The Bertz CT molecular complexity index is 1360. The Hall–Kier alpha value is -2.97. The van der Waals surface area contributed by atoms with Crippen LogP contribution in [0, 0.1) is 5.92 Å². The molecular formula is C33H42N4O4. The van der Waals surface area contributed by atoms with Crippen molar-refractivity contribution >= 4 is 23.0 Å². The average Bonchev–Trinajstić information content (AvgIpc) is 3.62. The molecule has 1 aromatic carbocycles. The third-order valence-corrected chi connectivity index (χ3v) is 9.51. The molecule has 2 aliphatic heterocycles. The largest absolute Gasteiger partial charge is 0.488 e. The van der Waals surface area contributed by atoms with Crippen LogP contribution in [0.3, 0.4) is 0 Å². The van der Waals surface area contributed by atoms with Crippen molar-refractivity contribution < 1.29 is 19.0 Å². The Morgan fingerprint density at radius 1 is 0.976 bits per heavy atom. The lowest BCUT2D eigenvalue weighted by molar-refractivity contribution is -0.113. The molecule has 3 aromatic rings. The summed E-state index contributed by atoms with van der Waals surface area (Å²) in [7, 11) is 0. The number of anilines is 1. The fraction of sp³-hybridized carbons (Fsp3) is 0.606. The number of aromatic nitrogens is 3. The number of rotatable bonds is 8. The SMILES string of the molecule is CC1(Oc2ccc3c(c2)c(-c2ccnc(N4CCC(OC5CCC(C=O)CC5)CC4)c2)nn3C2CCCCO2)CC1. The van der Waals surface area contributed by atoms with Crippen molar-refractivity contribution in [3.63, 3.8) is 0 Å². The molecule has 0 radical (unpaired) electrons. The number of hydrogen-bond donors (Lipinski definition) is 0. The normalized spacial score (nSPS) is 26.7. The molecule has 2 aliphatic carbocycles. The maximum Gasteiger partial charge on any atom is 0.150 e. The molecule has 7 rings (SSSR count). The van der Waals surface area contributed by atoms with Crippen LogP contribution in [0.15, 0.2) is 36.5 Å². The summed E-state index contributed by atoms with van der Waals surface area (Å²) in [5.41, 5.74) is 3.06. The number of ether oxygens (including phenoxy) is 3. The molecule has 0 bridgehead atoms. The van der Waals surface area contributed by atoms with Gasteiger partial charge in [0.25, 0.3) is 0 Å². The Morgan fingerprint density at radius 2 is 1.78 bits per heavy atom. The van der Waals surface area contributed by atoms with E-state index in [1.165, 1.54) is 0 Å². The Morgan fingerprint density at radius 3 is 2.51 bits per heavy atom. The van der Waals surface area contributed by atoms with Crippen LogP contribution < -0.4 is 9.64 Å². The molecule has 1 atom stereocenters. The van der Waals surface area contributed by atoms with Gasteiger partial charge in [0.2, 0.25) is 0 Å². The minimum atomic E-state index is -0.0402. The second-order valence-electron chi connectivity index (χ2n) is 12.7. The smallest absolute Gasteiger partial charge is 0.150 e. The van der Waals surface area contributed by atoms with Crippen LogP contribution in [-0.4, -0.2) is 58.6 Å². The van der Waals surface area contributed by atoms with Gasteiger partial charge in [0.1, 0.15) is 29.1 Å². The van der Waals surface area contributed by atoms with E-state index in [1.807, 2.05) is 6.20 Å². The molecule has 2 saturated carbocycles. The van der Waals surface area contributed by atoms with E-state index in [9.17, 15) is 4.79 Å². The van der Waals surface area contributed by atoms with Gasteiger partial charge >= 0.3 is 0 Å². The summed E-state index contributed by atoms with van der Waals surface area (Å²) in [6.07, 6.45) is 14.9. The number of carbonyl (C=O) groups is 1. The van der Waals surface area contributed by atoms with Gasteiger partial charge in [-0.25, -0.2) is 9.67 Å². The lowest BCUT2D eigenvalue weighted by Gasteiger charge is -2.36. The highest BCUT2D eigenvalue weighted by atomic mass is 16.5. The number of aldehydes is 1. The van der Waals surface area contributed by atoms with E-state index in [-0.39, 0.29) is 23.9 Å². The van der Waals surface area contributed by atoms with Crippen LogP contribution in [0.5, 0.6) is 5.75 Å². The average molecular weight is 559 g/mol. The van der Waals surface area contributed by atoms with Crippen LogP contribution in [0.4, 0.5) is 5.82 Å². The summed E-state index contributed by atoms with van der Waals surface area (Å²) in [4.78, 5) is 18.2. The maximum atomic E-state index is 11.1. The van der Waals surface area contributed by atoms with Gasteiger partial charge in [-0.1, -0.05) is 0 Å². The molecule has 4 aliphatic rings. The van der Waals surface area contributed by atoms with Gasteiger partial charge in [0, 0.05) is 42.8 Å². The maximum absolute atomic E-state index is 11.1. The van der Waals surface area contributed by atoms with Gasteiger partial charge in [-0.05, 0) is 108 Å². The molecule has 218 valence electrons. The van der Waals surface area contributed by atoms with Gasteiger partial charge in [0.15, 0.2) is 6.23 Å². The van der Waals surface area contributed by atoms with Crippen LogP contribution in [0.25, 0.3) is 22.2 Å². The zero-order valence-corrected chi connectivity index (χ0v) is 24.2. The number of benzene rings is 1. The van der Waals surface area contributed by atoms with E-state index in [1.54, 1.807) is 0 Å². The number of pyridine rings is 1. The predicted molar refractivity (Wildman–Crippen MR) is 158 cm³/mol. The molecule has 0 spiro atoms. The summed E-state index contributed by atoms with van der Waals surface area (Å²) in [6.45, 7) is 4.80. The molecule has 41 heavy (non-hydrogen) atoms. The zero-order chi connectivity index (χ0) is 27.8. The van der Waals surface area contributed by atoms with Gasteiger partial charge in [0.05, 0.1) is 17.7 Å². The third-order valence-electron chi connectivity index (χ3n) is 9.51. The van der Waals surface area contributed by atoms with Gasteiger partial charge in [-0.3, -0.25) is 0 Å². The molecule has 0 amide bonds. The fourth-order valence-corrected chi connectivity index (χ4v) is 6.69. The topological polar surface area (TPSA) is 78.7 Å². The Labute approximate surface area is 242 Å². The molecule has 2 aromatic heterocycles. The fourth-order valence-electron chi connectivity index (χ4n) is 6.69. The van der Waals surface area contributed by atoms with E-state index in [2.05, 4.69) is 46.8 Å². The minimum Gasteiger partial charge on any atom is -0.488 e. The standard InChI is InChI=1S/C33H42N4O4/c1-33(14-15-33)41-27-9-10-29-28(21-27)32(35-37(29)31-4-2-3-19-39-31)24-11-16-34-30(20-24)36-17-12-26(13-18-36)40-25-7-5-23(22-38)6-8-25/h9-11,16,20-23,25-26,31H,2-8,12-15,17-19H2,1H3. The van der Waals surface area contributed by atoms with Gasteiger partial charge in [-0.2, -0.15) is 5.10 Å². The number of carbonyl (C=O) groups excluding carboxylic acids is 1. The van der Waals surface area contributed by atoms with Crippen LogP contribution in [-0.2, 0) is 14.3 Å². The van der Waals surface area contributed by atoms with Gasteiger partial charge in [-0.15, -0.1) is 0 Å². The van der Waals surface area contributed by atoms with Crippen molar-refractivity contribution in [1.82, 2.24) is 14.8 Å². The second kappa shape index (κ2) is 11.4. The number of piperidine rings is 1. The van der Waals surface area contributed by atoms with E-state index in [0.717, 1.165) is 130 Å². The van der Waals surface area contributed by atoms with Crippen LogP contribution in [0.1, 0.15) is 83.8 Å². The van der Waals surface area contributed by atoms with Crippen molar-refractivity contribution in [2.75, 3.05) is 24.6 Å². The van der Waals surface area contributed by atoms with Crippen molar-refractivity contribution in [1.29, 1.82) is 0 Å². The predicted octanol–water partition coefficient (Wildman–Crippen LogP) is 6.47. The summed E-state index contributed by atoms with van der Waals surface area (Å²) < 4.78 is 21.0. The van der Waals surface area contributed by atoms with E-state index >= 15 is 0 Å². The summed E-state index contributed by atoms with van der Waals surface area (Å²) in [5.74, 6) is 2.12. The first kappa shape index (κ1) is 26.9.